The molecule has 1 aromatic heterocycles. The zero-order valence-corrected chi connectivity index (χ0v) is 12.1. The third kappa shape index (κ3) is 3.21. The lowest BCUT2D eigenvalue weighted by atomic mass is 10.2. The number of benzene rings is 1. The van der Waals surface area contributed by atoms with E-state index in [4.69, 9.17) is 5.11 Å². The number of hydrogen-bond acceptors (Lipinski definition) is 3. The van der Waals surface area contributed by atoms with Crippen LogP contribution in [0.3, 0.4) is 0 Å². The van der Waals surface area contributed by atoms with Gasteiger partial charge in [-0.15, -0.1) is 0 Å². The zero-order chi connectivity index (χ0) is 14.7. The van der Waals surface area contributed by atoms with Crippen molar-refractivity contribution >= 4 is 33.5 Å². The lowest BCUT2D eigenvalue weighted by molar-refractivity contribution is 0.0690. The summed E-state index contributed by atoms with van der Waals surface area (Å²) in [6.07, 6.45) is 1.29. The van der Waals surface area contributed by atoms with Crippen LogP contribution in [-0.4, -0.2) is 22.0 Å². The molecule has 0 aliphatic heterocycles. The van der Waals surface area contributed by atoms with Gasteiger partial charge in [-0.05, 0) is 52.7 Å². The van der Waals surface area contributed by atoms with Crippen LogP contribution in [0.2, 0.25) is 0 Å². The monoisotopic (exact) mass is 334 g/mol. The van der Waals surface area contributed by atoms with Gasteiger partial charge in [0.15, 0.2) is 0 Å². The maximum absolute atomic E-state index is 12.1. The fourth-order valence-corrected chi connectivity index (χ4v) is 2.20. The molecule has 20 heavy (non-hydrogen) atoms. The van der Waals surface area contributed by atoms with Crippen molar-refractivity contribution in [2.75, 3.05) is 5.32 Å². The van der Waals surface area contributed by atoms with E-state index in [1.165, 1.54) is 18.3 Å². The van der Waals surface area contributed by atoms with Gasteiger partial charge in [-0.1, -0.05) is 6.07 Å². The summed E-state index contributed by atoms with van der Waals surface area (Å²) in [5.41, 5.74) is 1.76. The van der Waals surface area contributed by atoms with Crippen LogP contribution < -0.4 is 5.32 Å². The summed E-state index contributed by atoms with van der Waals surface area (Å²) in [4.78, 5) is 26.6. The van der Waals surface area contributed by atoms with Crippen LogP contribution >= 0.6 is 15.9 Å². The van der Waals surface area contributed by atoms with Gasteiger partial charge in [0.05, 0.1) is 5.69 Å². The number of aromatic nitrogens is 1. The van der Waals surface area contributed by atoms with Crippen LogP contribution in [0.25, 0.3) is 0 Å². The van der Waals surface area contributed by atoms with Gasteiger partial charge >= 0.3 is 5.97 Å². The Kier molecular flexibility index (Phi) is 4.14. The molecule has 2 rings (SSSR count). The minimum absolute atomic E-state index is 0.166. The topological polar surface area (TPSA) is 79.3 Å². The second kappa shape index (κ2) is 5.83. The molecule has 0 saturated heterocycles. The fraction of sp³-hybridized carbons (Fsp3) is 0.0714. The van der Waals surface area contributed by atoms with E-state index < -0.39 is 5.97 Å². The van der Waals surface area contributed by atoms with Crippen molar-refractivity contribution in [1.29, 1.82) is 0 Å². The average molecular weight is 335 g/mol. The van der Waals surface area contributed by atoms with E-state index in [1.807, 2.05) is 19.1 Å². The first-order valence-electron chi connectivity index (χ1n) is 5.74. The predicted molar refractivity (Wildman–Crippen MR) is 78.0 cm³/mol. The minimum atomic E-state index is -1.17. The van der Waals surface area contributed by atoms with Crippen molar-refractivity contribution < 1.29 is 14.7 Å². The van der Waals surface area contributed by atoms with Gasteiger partial charge in [-0.25, -0.2) is 9.78 Å². The number of carbonyl (C=O) groups is 2. The molecule has 0 spiro atoms. The smallest absolute Gasteiger partial charge is 0.354 e. The number of nitrogens with one attached hydrogen (secondary N) is 1. The molecule has 0 radical (unpaired) electrons. The molecule has 0 atom stereocenters. The number of pyridine rings is 1. The van der Waals surface area contributed by atoms with Crippen LogP contribution in [0.1, 0.15) is 26.4 Å². The largest absolute Gasteiger partial charge is 0.477 e. The Bertz CT molecular complexity index is 686. The summed E-state index contributed by atoms with van der Waals surface area (Å²) in [6.45, 7) is 1.94. The van der Waals surface area contributed by atoms with Crippen molar-refractivity contribution in [2.45, 2.75) is 6.92 Å². The molecule has 0 bridgehead atoms. The van der Waals surface area contributed by atoms with Gasteiger partial charge in [0.25, 0.3) is 5.91 Å². The third-order valence-corrected chi connectivity index (χ3v) is 3.27. The molecule has 0 fully saturated rings. The van der Waals surface area contributed by atoms with E-state index in [-0.39, 0.29) is 17.2 Å². The Morgan fingerprint density at radius 2 is 2.00 bits per heavy atom. The molecule has 2 aromatic rings. The number of carboxylic acid groups (broad SMARTS) is 1. The number of nitrogens with zero attached hydrogens (tertiary/aromatic N) is 1. The van der Waals surface area contributed by atoms with E-state index in [0.29, 0.717) is 5.69 Å². The number of aryl methyl sites for hydroxylation is 1. The molecule has 5 nitrogen and oxygen atoms in total. The van der Waals surface area contributed by atoms with E-state index in [1.54, 1.807) is 6.07 Å². The minimum Gasteiger partial charge on any atom is -0.477 e. The molecule has 1 aromatic carbocycles. The van der Waals surface area contributed by atoms with Crippen LogP contribution in [0.4, 0.5) is 5.69 Å². The lowest BCUT2D eigenvalue weighted by Crippen LogP contribution is -2.13. The summed E-state index contributed by atoms with van der Waals surface area (Å²) in [5.74, 6) is -1.56. The van der Waals surface area contributed by atoms with Crippen LogP contribution in [0.5, 0.6) is 0 Å². The lowest BCUT2D eigenvalue weighted by Gasteiger charge is -2.08. The molecule has 1 amide bonds. The summed E-state index contributed by atoms with van der Waals surface area (Å²) < 4.78 is 0.762. The zero-order valence-electron chi connectivity index (χ0n) is 10.6. The maximum atomic E-state index is 12.1. The van der Waals surface area contributed by atoms with E-state index in [9.17, 15) is 9.59 Å². The molecule has 6 heteroatoms. The van der Waals surface area contributed by atoms with Gasteiger partial charge in [-0.2, -0.15) is 0 Å². The summed E-state index contributed by atoms with van der Waals surface area (Å²) in [5, 5.41) is 11.6. The van der Waals surface area contributed by atoms with Gasteiger partial charge in [-0.3, -0.25) is 4.79 Å². The predicted octanol–water partition coefficient (Wildman–Crippen LogP) is 3.10. The van der Waals surface area contributed by atoms with Gasteiger partial charge in [0.2, 0.25) is 0 Å². The maximum Gasteiger partial charge on any atom is 0.354 e. The molecule has 0 aliphatic rings. The Labute approximate surface area is 123 Å². The van der Waals surface area contributed by atoms with Crippen LogP contribution in [0, 0.1) is 6.92 Å². The number of hydrogen-bond donors (Lipinski definition) is 2. The normalized spacial score (nSPS) is 10.1. The van der Waals surface area contributed by atoms with E-state index in [0.717, 1.165) is 10.0 Å². The number of amides is 1. The first-order chi connectivity index (χ1) is 9.47. The number of halogens is 1. The highest BCUT2D eigenvalue weighted by Gasteiger charge is 2.12. The fourth-order valence-electron chi connectivity index (χ4n) is 1.60. The Hall–Kier alpha value is -2.21. The summed E-state index contributed by atoms with van der Waals surface area (Å²) >= 11 is 3.36. The van der Waals surface area contributed by atoms with Gasteiger partial charge in [0, 0.05) is 16.2 Å². The second-order valence-corrected chi connectivity index (χ2v) is 5.03. The van der Waals surface area contributed by atoms with Crippen molar-refractivity contribution in [3.63, 3.8) is 0 Å². The Morgan fingerprint density at radius 3 is 2.65 bits per heavy atom. The molecular weight excluding hydrogens is 324 g/mol. The van der Waals surface area contributed by atoms with Crippen molar-refractivity contribution in [1.82, 2.24) is 4.98 Å². The Balaban J connectivity index is 2.24. The van der Waals surface area contributed by atoms with Crippen LogP contribution in [0.15, 0.2) is 41.0 Å². The summed E-state index contributed by atoms with van der Waals surface area (Å²) in [6, 6.07) is 8.22. The second-order valence-electron chi connectivity index (χ2n) is 4.17. The van der Waals surface area contributed by atoms with Crippen molar-refractivity contribution in [3.05, 3.63) is 57.8 Å². The number of aromatic carboxylic acids is 1. The SMILES string of the molecule is Cc1ccc(NC(=O)c2ccnc(C(=O)O)c2)c(Br)c1. The van der Waals surface area contributed by atoms with Gasteiger partial charge < -0.3 is 10.4 Å². The highest BCUT2D eigenvalue weighted by atomic mass is 79.9. The molecule has 1 heterocycles. The van der Waals surface area contributed by atoms with Crippen molar-refractivity contribution in [2.24, 2.45) is 0 Å². The standard InChI is InChI=1S/C14H11BrN2O3/c1-8-2-3-11(10(15)6-8)17-13(18)9-4-5-16-12(7-9)14(19)20/h2-7H,1H3,(H,17,18)(H,19,20). The Morgan fingerprint density at radius 1 is 1.25 bits per heavy atom. The summed E-state index contributed by atoms with van der Waals surface area (Å²) in [7, 11) is 0. The first-order valence-corrected chi connectivity index (χ1v) is 6.53. The molecular formula is C14H11BrN2O3. The molecule has 0 unspecified atom stereocenters. The highest BCUT2D eigenvalue weighted by Crippen LogP contribution is 2.23. The molecule has 2 N–H and O–H groups in total. The quantitative estimate of drug-likeness (QED) is 0.903. The highest BCUT2D eigenvalue weighted by molar-refractivity contribution is 9.10. The number of carbonyl (C=O) groups excluding carboxylic acids is 1. The van der Waals surface area contributed by atoms with E-state index >= 15 is 0 Å². The van der Waals surface area contributed by atoms with Gasteiger partial charge in [0.1, 0.15) is 5.69 Å². The van der Waals surface area contributed by atoms with Crippen molar-refractivity contribution in [3.8, 4) is 0 Å². The molecule has 0 saturated carbocycles. The first kappa shape index (κ1) is 14.2. The van der Waals surface area contributed by atoms with E-state index in [2.05, 4.69) is 26.2 Å². The number of carboxylic acids is 1. The number of rotatable bonds is 3. The average Bonchev–Trinajstić information content (AvgIpc) is 2.42. The third-order valence-electron chi connectivity index (χ3n) is 2.61. The molecule has 0 aliphatic carbocycles. The van der Waals surface area contributed by atoms with Crippen LogP contribution in [-0.2, 0) is 0 Å². The number of anilines is 1. The molecule has 102 valence electrons.